The monoisotopic (exact) mass is 370 g/mol. The van der Waals surface area contributed by atoms with Gasteiger partial charge in [-0.1, -0.05) is 37.6 Å². The maximum Gasteiger partial charge on any atom is 0.266 e. The van der Waals surface area contributed by atoms with Crippen molar-refractivity contribution < 1.29 is 4.79 Å². The molecule has 0 aliphatic rings. The molecule has 0 bridgehead atoms. The summed E-state index contributed by atoms with van der Waals surface area (Å²) in [6.07, 6.45) is 1.50. The van der Waals surface area contributed by atoms with Crippen molar-refractivity contribution >= 4 is 29.3 Å². The molecule has 5 nitrogen and oxygen atoms in total. The molecule has 6 heteroatoms. The Morgan fingerprint density at radius 2 is 2.08 bits per heavy atom. The zero-order valence-corrected chi connectivity index (χ0v) is 16.5. The average Bonchev–Trinajstić information content (AvgIpc) is 2.82. The summed E-state index contributed by atoms with van der Waals surface area (Å²) >= 11 is 6.40. The van der Waals surface area contributed by atoms with E-state index in [2.05, 4.69) is 24.3 Å². The average molecular weight is 371 g/mol. The SMILES string of the molecule is Cc1cccc(NC(=O)/C(C#N)=C/c2c(C)nn(CC(C)C)c2Cl)c1C. The molecule has 0 fully saturated rings. The van der Waals surface area contributed by atoms with Crippen LogP contribution in [0.15, 0.2) is 23.8 Å². The van der Waals surface area contributed by atoms with E-state index in [0.29, 0.717) is 34.6 Å². The number of anilines is 1. The molecule has 0 saturated carbocycles. The molecule has 0 saturated heterocycles. The second kappa shape index (κ2) is 8.20. The molecule has 0 aliphatic heterocycles. The highest BCUT2D eigenvalue weighted by Gasteiger charge is 2.17. The molecule has 0 aliphatic carbocycles. The van der Waals surface area contributed by atoms with Crippen molar-refractivity contribution in [3.8, 4) is 6.07 Å². The van der Waals surface area contributed by atoms with E-state index < -0.39 is 5.91 Å². The van der Waals surface area contributed by atoms with Crippen LogP contribution in [0.2, 0.25) is 5.15 Å². The molecule has 0 unspecified atom stereocenters. The van der Waals surface area contributed by atoms with Gasteiger partial charge in [0.1, 0.15) is 16.8 Å². The van der Waals surface area contributed by atoms with Gasteiger partial charge in [0.05, 0.1) is 5.69 Å². The Hall–Kier alpha value is -2.58. The van der Waals surface area contributed by atoms with Crippen LogP contribution in [-0.2, 0) is 11.3 Å². The zero-order valence-electron chi connectivity index (χ0n) is 15.7. The topological polar surface area (TPSA) is 70.7 Å². The number of nitrogens with zero attached hydrogens (tertiary/aromatic N) is 3. The van der Waals surface area contributed by atoms with Gasteiger partial charge in [0.2, 0.25) is 0 Å². The molecule has 0 radical (unpaired) electrons. The van der Waals surface area contributed by atoms with Gasteiger partial charge in [0.25, 0.3) is 5.91 Å². The molecule has 1 aromatic heterocycles. The van der Waals surface area contributed by atoms with Crippen LogP contribution >= 0.6 is 11.6 Å². The molecule has 0 atom stereocenters. The summed E-state index contributed by atoms with van der Waals surface area (Å²) in [5.41, 5.74) is 3.99. The predicted octanol–water partition coefficient (Wildman–Crippen LogP) is 4.66. The summed E-state index contributed by atoms with van der Waals surface area (Å²) in [7, 11) is 0. The Morgan fingerprint density at radius 1 is 1.38 bits per heavy atom. The number of hydrogen-bond acceptors (Lipinski definition) is 3. The van der Waals surface area contributed by atoms with Gasteiger partial charge < -0.3 is 5.32 Å². The molecule has 2 rings (SSSR count). The van der Waals surface area contributed by atoms with E-state index in [4.69, 9.17) is 11.6 Å². The minimum atomic E-state index is -0.465. The lowest BCUT2D eigenvalue weighted by Crippen LogP contribution is -2.14. The van der Waals surface area contributed by atoms with Crippen molar-refractivity contribution in [3.05, 3.63) is 51.3 Å². The van der Waals surface area contributed by atoms with Crippen molar-refractivity contribution in [1.82, 2.24) is 9.78 Å². The fraction of sp³-hybridized carbons (Fsp3) is 0.350. The number of aromatic nitrogens is 2. The van der Waals surface area contributed by atoms with Crippen LogP contribution in [0, 0.1) is 38.0 Å². The first-order valence-corrected chi connectivity index (χ1v) is 8.84. The quantitative estimate of drug-likeness (QED) is 0.614. The van der Waals surface area contributed by atoms with Gasteiger partial charge in [-0.15, -0.1) is 0 Å². The Labute approximate surface area is 159 Å². The summed E-state index contributed by atoms with van der Waals surface area (Å²) < 4.78 is 1.70. The Bertz CT molecular complexity index is 903. The van der Waals surface area contributed by atoms with E-state index in [9.17, 15) is 10.1 Å². The van der Waals surface area contributed by atoms with E-state index in [0.717, 1.165) is 11.1 Å². The first kappa shape index (κ1) is 19.7. The van der Waals surface area contributed by atoms with Gasteiger partial charge in [-0.2, -0.15) is 10.4 Å². The van der Waals surface area contributed by atoms with Crippen LogP contribution in [-0.4, -0.2) is 15.7 Å². The number of benzene rings is 1. The van der Waals surface area contributed by atoms with E-state index in [1.165, 1.54) is 6.08 Å². The van der Waals surface area contributed by atoms with E-state index in [1.807, 2.05) is 45.0 Å². The molecular formula is C20H23ClN4O. The highest BCUT2D eigenvalue weighted by atomic mass is 35.5. The maximum atomic E-state index is 12.5. The number of carbonyl (C=O) groups excluding carboxylic acids is 1. The summed E-state index contributed by atoms with van der Waals surface area (Å²) in [6, 6.07) is 7.61. The second-order valence-electron chi connectivity index (χ2n) is 6.74. The fourth-order valence-electron chi connectivity index (χ4n) is 2.57. The molecule has 1 amide bonds. The van der Waals surface area contributed by atoms with Gasteiger partial charge in [-0.05, 0) is 50.0 Å². The van der Waals surface area contributed by atoms with Crippen LogP contribution in [0.25, 0.3) is 6.08 Å². The molecule has 0 spiro atoms. The number of halogens is 1. The molecular weight excluding hydrogens is 348 g/mol. The zero-order chi connectivity index (χ0) is 19.4. The van der Waals surface area contributed by atoms with Crippen LogP contribution in [0.1, 0.15) is 36.2 Å². The highest BCUT2D eigenvalue weighted by Crippen LogP contribution is 2.24. The van der Waals surface area contributed by atoms with Gasteiger partial charge in [0.15, 0.2) is 0 Å². The van der Waals surface area contributed by atoms with E-state index in [-0.39, 0.29) is 5.57 Å². The van der Waals surface area contributed by atoms with Crippen molar-refractivity contribution in [3.63, 3.8) is 0 Å². The molecule has 1 aromatic carbocycles. The van der Waals surface area contributed by atoms with Gasteiger partial charge in [-0.3, -0.25) is 9.48 Å². The first-order valence-electron chi connectivity index (χ1n) is 8.46. The predicted molar refractivity (Wildman–Crippen MR) is 105 cm³/mol. The number of aryl methyl sites for hydroxylation is 2. The van der Waals surface area contributed by atoms with Crippen molar-refractivity contribution in [1.29, 1.82) is 5.26 Å². The lowest BCUT2D eigenvalue weighted by atomic mass is 10.1. The van der Waals surface area contributed by atoms with Crippen molar-refractivity contribution in [2.24, 2.45) is 5.92 Å². The molecule has 1 heterocycles. The van der Waals surface area contributed by atoms with Crippen molar-refractivity contribution in [2.45, 2.75) is 41.2 Å². The third-order valence-electron chi connectivity index (χ3n) is 4.15. The normalized spacial score (nSPS) is 11.5. The molecule has 136 valence electrons. The smallest absolute Gasteiger partial charge is 0.266 e. The molecule has 2 aromatic rings. The molecule has 26 heavy (non-hydrogen) atoms. The maximum absolute atomic E-state index is 12.5. The van der Waals surface area contributed by atoms with Crippen molar-refractivity contribution in [2.75, 3.05) is 5.32 Å². The third kappa shape index (κ3) is 4.33. The summed E-state index contributed by atoms with van der Waals surface area (Å²) in [6.45, 7) is 10.5. The number of carbonyl (C=O) groups is 1. The number of nitriles is 1. The Morgan fingerprint density at radius 3 is 2.69 bits per heavy atom. The Kier molecular flexibility index (Phi) is 6.23. The standard InChI is InChI=1S/C20H23ClN4O/c1-12(2)11-25-19(21)17(15(5)24-25)9-16(10-22)20(26)23-18-8-6-7-13(3)14(18)4/h6-9,12H,11H2,1-5H3,(H,23,26)/b16-9+. The van der Waals surface area contributed by atoms with Crippen LogP contribution in [0.3, 0.4) is 0 Å². The largest absolute Gasteiger partial charge is 0.321 e. The number of amides is 1. The lowest BCUT2D eigenvalue weighted by Gasteiger charge is -2.09. The highest BCUT2D eigenvalue weighted by molar-refractivity contribution is 6.31. The fourth-order valence-corrected chi connectivity index (χ4v) is 2.87. The van der Waals surface area contributed by atoms with Gasteiger partial charge in [0, 0.05) is 17.8 Å². The van der Waals surface area contributed by atoms with Crippen LogP contribution < -0.4 is 5.32 Å². The summed E-state index contributed by atoms with van der Waals surface area (Å²) in [4.78, 5) is 12.5. The lowest BCUT2D eigenvalue weighted by molar-refractivity contribution is -0.112. The molecule has 1 N–H and O–H groups in total. The van der Waals surface area contributed by atoms with Gasteiger partial charge >= 0.3 is 0 Å². The minimum Gasteiger partial charge on any atom is -0.321 e. The van der Waals surface area contributed by atoms with Crippen LogP contribution in [0.5, 0.6) is 0 Å². The Balaban J connectivity index is 2.33. The van der Waals surface area contributed by atoms with E-state index in [1.54, 1.807) is 4.68 Å². The number of rotatable bonds is 5. The second-order valence-corrected chi connectivity index (χ2v) is 7.10. The summed E-state index contributed by atoms with van der Waals surface area (Å²) in [5.74, 6) is -0.0834. The van der Waals surface area contributed by atoms with E-state index >= 15 is 0 Å². The number of hydrogen-bond donors (Lipinski definition) is 1. The van der Waals surface area contributed by atoms with Crippen LogP contribution in [0.4, 0.5) is 5.69 Å². The van der Waals surface area contributed by atoms with Gasteiger partial charge in [-0.25, -0.2) is 0 Å². The first-order chi connectivity index (χ1) is 12.2. The summed E-state index contributed by atoms with van der Waals surface area (Å²) in [5, 5.41) is 17.1. The third-order valence-corrected chi connectivity index (χ3v) is 4.55. The minimum absolute atomic E-state index is 0.0139. The number of nitrogens with one attached hydrogen (secondary N) is 1.